The molecule has 3 heterocycles. The molecule has 1 N–H and O–H groups in total. The average molecular weight is 389 g/mol. The third-order valence-electron chi connectivity index (χ3n) is 4.59. The second kappa shape index (κ2) is 6.37. The topological polar surface area (TPSA) is 96.2 Å². The molecule has 0 aliphatic heterocycles. The van der Waals surface area contributed by atoms with Crippen molar-refractivity contribution in [2.24, 2.45) is 5.92 Å². The Balaban J connectivity index is 1.71. The molecule has 144 valence electrons. The van der Waals surface area contributed by atoms with Gasteiger partial charge in [-0.15, -0.1) is 0 Å². The van der Waals surface area contributed by atoms with Crippen LogP contribution in [0.25, 0.3) is 17.1 Å². The van der Waals surface area contributed by atoms with Gasteiger partial charge in [0.05, 0.1) is 6.20 Å². The lowest BCUT2D eigenvalue weighted by Crippen LogP contribution is -2.47. The summed E-state index contributed by atoms with van der Waals surface area (Å²) in [6, 6.07) is 4.66. The first-order chi connectivity index (χ1) is 13.3. The predicted molar refractivity (Wildman–Crippen MR) is 90.2 cm³/mol. The van der Waals surface area contributed by atoms with E-state index in [1.807, 2.05) is 6.07 Å². The van der Waals surface area contributed by atoms with Crippen molar-refractivity contribution in [3.8, 4) is 17.5 Å². The van der Waals surface area contributed by atoms with Gasteiger partial charge in [0.25, 0.3) is 5.91 Å². The molecule has 7 nitrogen and oxygen atoms in total. The first-order valence-corrected chi connectivity index (χ1v) is 8.51. The molecule has 1 aliphatic rings. The first-order valence-electron chi connectivity index (χ1n) is 8.51. The Labute approximate surface area is 156 Å². The number of aryl methyl sites for hydroxylation is 1. The first kappa shape index (κ1) is 18.0. The van der Waals surface area contributed by atoms with E-state index >= 15 is 0 Å². The van der Waals surface area contributed by atoms with Gasteiger partial charge >= 0.3 is 6.18 Å². The zero-order valence-corrected chi connectivity index (χ0v) is 14.6. The lowest BCUT2D eigenvalue weighted by atomic mass is 10.1. The molecule has 28 heavy (non-hydrogen) atoms. The Morgan fingerprint density at radius 1 is 1.43 bits per heavy atom. The van der Waals surface area contributed by atoms with Gasteiger partial charge in [-0.1, -0.05) is 0 Å². The molecular formula is C18H14F3N5O2. The van der Waals surface area contributed by atoms with E-state index in [4.69, 9.17) is 9.68 Å². The van der Waals surface area contributed by atoms with Gasteiger partial charge in [0.2, 0.25) is 5.76 Å². The van der Waals surface area contributed by atoms with Crippen LogP contribution in [0.2, 0.25) is 0 Å². The standard InChI is InChI=1S/C18H14F3N5O2/c1-9-6-12(14-5-4-11(7-22)28-14)25-26-13(8-23-16(9)26)17(27)24-15(10-2-3-10)18(19,20)21/h4-6,8,10,15H,2-3H2,1H3,(H,24,27). The summed E-state index contributed by atoms with van der Waals surface area (Å²) in [4.78, 5) is 16.6. The Hall–Kier alpha value is -3.35. The molecule has 1 amide bonds. The molecule has 1 atom stereocenters. The summed E-state index contributed by atoms with van der Waals surface area (Å²) >= 11 is 0. The number of hydrogen-bond donors (Lipinski definition) is 1. The van der Waals surface area contributed by atoms with Crippen molar-refractivity contribution >= 4 is 11.6 Å². The highest BCUT2D eigenvalue weighted by molar-refractivity contribution is 5.93. The van der Waals surface area contributed by atoms with Crippen molar-refractivity contribution in [3.63, 3.8) is 0 Å². The van der Waals surface area contributed by atoms with Crippen molar-refractivity contribution < 1.29 is 22.4 Å². The third kappa shape index (κ3) is 3.19. The predicted octanol–water partition coefficient (Wildman–Crippen LogP) is 3.24. The summed E-state index contributed by atoms with van der Waals surface area (Å²) in [5.74, 6) is -1.10. The maximum Gasteiger partial charge on any atom is 0.408 e. The summed E-state index contributed by atoms with van der Waals surface area (Å²) in [5.41, 5.74) is 1.21. The van der Waals surface area contributed by atoms with Gasteiger partial charge in [0.1, 0.15) is 17.8 Å². The van der Waals surface area contributed by atoms with Crippen LogP contribution in [-0.4, -0.2) is 32.7 Å². The maximum atomic E-state index is 13.2. The molecule has 1 aliphatic carbocycles. The SMILES string of the molecule is Cc1cc(-c2ccc(C#N)o2)nn2c(C(=O)NC(C3CC3)C(F)(F)F)cnc12. The van der Waals surface area contributed by atoms with Gasteiger partial charge in [-0.3, -0.25) is 4.79 Å². The van der Waals surface area contributed by atoms with E-state index in [1.54, 1.807) is 19.1 Å². The van der Waals surface area contributed by atoms with Crippen LogP contribution in [0.5, 0.6) is 0 Å². The number of aromatic nitrogens is 3. The van der Waals surface area contributed by atoms with Crippen molar-refractivity contribution in [1.82, 2.24) is 19.9 Å². The number of fused-ring (bicyclic) bond motifs is 1. The van der Waals surface area contributed by atoms with Gasteiger partial charge in [0.15, 0.2) is 17.1 Å². The lowest BCUT2D eigenvalue weighted by Gasteiger charge is -2.21. The van der Waals surface area contributed by atoms with Crippen LogP contribution in [0.1, 0.15) is 34.7 Å². The van der Waals surface area contributed by atoms with E-state index in [0.717, 1.165) is 0 Å². The molecule has 0 saturated heterocycles. The van der Waals surface area contributed by atoms with E-state index in [1.165, 1.54) is 16.8 Å². The number of carbonyl (C=O) groups excluding carboxylic acids is 1. The quantitative estimate of drug-likeness (QED) is 0.739. The van der Waals surface area contributed by atoms with Crippen LogP contribution < -0.4 is 5.32 Å². The molecule has 0 aromatic carbocycles. The highest BCUT2D eigenvalue weighted by Crippen LogP contribution is 2.40. The number of alkyl halides is 3. The number of nitriles is 1. The molecule has 0 spiro atoms. The van der Waals surface area contributed by atoms with Crippen LogP contribution in [0.4, 0.5) is 13.2 Å². The summed E-state index contributed by atoms with van der Waals surface area (Å²) < 4.78 is 46.2. The Kier molecular flexibility index (Phi) is 4.10. The fraction of sp³-hybridized carbons (Fsp3) is 0.333. The van der Waals surface area contributed by atoms with Crippen LogP contribution in [0, 0.1) is 24.2 Å². The number of imidazole rings is 1. The van der Waals surface area contributed by atoms with E-state index in [9.17, 15) is 18.0 Å². The summed E-state index contributed by atoms with van der Waals surface area (Å²) in [5, 5.41) is 15.2. The summed E-state index contributed by atoms with van der Waals surface area (Å²) in [6.07, 6.45) is -2.47. The molecule has 1 fully saturated rings. The van der Waals surface area contributed by atoms with Gasteiger partial charge in [-0.05, 0) is 49.4 Å². The van der Waals surface area contributed by atoms with E-state index in [-0.39, 0.29) is 11.5 Å². The van der Waals surface area contributed by atoms with Gasteiger partial charge in [0, 0.05) is 0 Å². The zero-order valence-electron chi connectivity index (χ0n) is 14.6. The minimum atomic E-state index is -4.52. The monoisotopic (exact) mass is 389 g/mol. The van der Waals surface area contributed by atoms with Crippen molar-refractivity contribution in [2.45, 2.75) is 32.0 Å². The van der Waals surface area contributed by atoms with Crippen LogP contribution in [0.3, 0.4) is 0 Å². The normalized spacial score (nSPS) is 15.4. The van der Waals surface area contributed by atoms with E-state index in [2.05, 4.69) is 15.4 Å². The number of furan rings is 1. The van der Waals surface area contributed by atoms with Crippen molar-refractivity contribution in [1.29, 1.82) is 5.26 Å². The number of amides is 1. The number of nitrogens with one attached hydrogen (secondary N) is 1. The molecular weight excluding hydrogens is 375 g/mol. The second-order valence-electron chi connectivity index (χ2n) is 6.70. The number of nitrogens with zero attached hydrogens (tertiary/aromatic N) is 4. The van der Waals surface area contributed by atoms with Gasteiger partial charge in [-0.2, -0.15) is 23.5 Å². The minimum Gasteiger partial charge on any atom is -0.444 e. The lowest BCUT2D eigenvalue weighted by molar-refractivity contribution is -0.158. The Morgan fingerprint density at radius 2 is 2.18 bits per heavy atom. The van der Waals surface area contributed by atoms with Gasteiger partial charge in [-0.25, -0.2) is 9.50 Å². The highest BCUT2D eigenvalue weighted by Gasteiger charge is 2.49. The summed E-state index contributed by atoms with van der Waals surface area (Å²) in [7, 11) is 0. The number of hydrogen-bond acceptors (Lipinski definition) is 5. The fourth-order valence-corrected chi connectivity index (χ4v) is 3.04. The molecule has 4 rings (SSSR count). The second-order valence-corrected chi connectivity index (χ2v) is 6.70. The largest absolute Gasteiger partial charge is 0.444 e. The fourth-order valence-electron chi connectivity index (χ4n) is 3.04. The molecule has 3 aromatic rings. The molecule has 10 heteroatoms. The molecule has 0 radical (unpaired) electrons. The molecule has 1 saturated carbocycles. The molecule has 3 aromatic heterocycles. The van der Waals surface area contributed by atoms with Crippen molar-refractivity contribution in [2.75, 3.05) is 0 Å². The van der Waals surface area contributed by atoms with Crippen LogP contribution in [0.15, 0.2) is 28.8 Å². The maximum absolute atomic E-state index is 13.2. The molecule has 0 bridgehead atoms. The van der Waals surface area contributed by atoms with Gasteiger partial charge < -0.3 is 9.73 Å². The number of halogens is 3. The van der Waals surface area contributed by atoms with Crippen LogP contribution >= 0.6 is 0 Å². The smallest absolute Gasteiger partial charge is 0.408 e. The van der Waals surface area contributed by atoms with Crippen molar-refractivity contribution in [3.05, 3.63) is 41.4 Å². The van der Waals surface area contributed by atoms with E-state index in [0.29, 0.717) is 35.5 Å². The molecule has 1 unspecified atom stereocenters. The average Bonchev–Trinajstić information content (AvgIpc) is 3.18. The number of carbonyl (C=O) groups is 1. The van der Waals surface area contributed by atoms with E-state index < -0.39 is 24.0 Å². The minimum absolute atomic E-state index is 0.0931. The highest BCUT2D eigenvalue weighted by atomic mass is 19.4. The Morgan fingerprint density at radius 3 is 2.79 bits per heavy atom. The summed E-state index contributed by atoms with van der Waals surface area (Å²) in [6.45, 7) is 1.73. The third-order valence-corrected chi connectivity index (χ3v) is 4.59. The zero-order chi connectivity index (χ0) is 20.1. The Bertz CT molecular complexity index is 1100. The van der Waals surface area contributed by atoms with Crippen LogP contribution in [-0.2, 0) is 0 Å². The number of rotatable bonds is 4.